The van der Waals surface area contributed by atoms with Crippen molar-refractivity contribution in [2.45, 2.75) is 18.9 Å². The van der Waals surface area contributed by atoms with E-state index >= 15 is 0 Å². The van der Waals surface area contributed by atoms with Crippen molar-refractivity contribution in [3.05, 3.63) is 16.4 Å². The minimum Gasteiger partial charge on any atom is -0.376 e. The number of nitrogens with zero attached hydrogens (tertiary/aromatic N) is 5. The largest absolute Gasteiger partial charge is 0.376 e. The van der Waals surface area contributed by atoms with Gasteiger partial charge in [-0.15, -0.1) is 0 Å². The molecule has 3 heterocycles. The van der Waals surface area contributed by atoms with E-state index in [4.69, 9.17) is 4.74 Å². The van der Waals surface area contributed by atoms with Gasteiger partial charge < -0.3 is 19.9 Å². The van der Waals surface area contributed by atoms with Gasteiger partial charge in [0.2, 0.25) is 11.6 Å². The standard InChI is InChI=1S/C14H22N6O3/c1-18-4-6-19(7-5-18)14-12(20(21)22)13(16-10-17-14)15-9-11-3-2-8-23-11/h10-11H,2-9H2,1H3,(H,15,16,17). The monoisotopic (exact) mass is 322 g/mol. The molecule has 1 N–H and O–H groups in total. The van der Waals surface area contributed by atoms with Gasteiger partial charge >= 0.3 is 5.69 Å². The van der Waals surface area contributed by atoms with Crippen molar-refractivity contribution in [2.24, 2.45) is 0 Å². The molecule has 0 saturated carbocycles. The Morgan fingerprint density at radius 3 is 2.83 bits per heavy atom. The Kier molecular flexibility index (Phi) is 4.87. The summed E-state index contributed by atoms with van der Waals surface area (Å²) in [6.45, 7) is 4.45. The Hall–Kier alpha value is -2.00. The summed E-state index contributed by atoms with van der Waals surface area (Å²) in [7, 11) is 2.04. The van der Waals surface area contributed by atoms with E-state index in [1.165, 1.54) is 6.33 Å². The number of nitrogens with one attached hydrogen (secondary N) is 1. The van der Waals surface area contributed by atoms with Crippen molar-refractivity contribution in [3.8, 4) is 0 Å². The molecule has 0 radical (unpaired) electrons. The van der Waals surface area contributed by atoms with Gasteiger partial charge in [-0.1, -0.05) is 0 Å². The molecule has 126 valence electrons. The van der Waals surface area contributed by atoms with Crippen LogP contribution in [0.15, 0.2) is 6.33 Å². The molecule has 3 rings (SSSR count). The summed E-state index contributed by atoms with van der Waals surface area (Å²) in [5, 5.41) is 14.6. The third-order valence-electron chi connectivity index (χ3n) is 4.31. The molecule has 1 aromatic heterocycles. The highest BCUT2D eigenvalue weighted by atomic mass is 16.6. The highest BCUT2D eigenvalue weighted by Gasteiger charge is 2.29. The zero-order chi connectivity index (χ0) is 16.2. The van der Waals surface area contributed by atoms with Gasteiger partial charge in [0.05, 0.1) is 11.0 Å². The topological polar surface area (TPSA) is 96.7 Å². The minimum absolute atomic E-state index is 0.0462. The number of anilines is 2. The van der Waals surface area contributed by atoms with Crippen LogP contribution in [0, 0.1) is 10.1 Å². The van der Waals surface area contributed by atoms with Crippen LogP contribution >= 0.6 is 0 Å². The van der Waals surface area contributed by atoms with E-state index in [1.54, 1.807) is 0 Å². The lowest BCUT2D eigenvalue weighted by Crippen LogP contribution is -2.45. The number of hydrogen-bond donors (Lipinski definition) is 1. The maximum Gasteiger partial charge on any atom is 0.353 e. The van der Waals surface area contributed by atoms with Crippen LogP contribution in [-0.2, 0) is 4.74 Å². The molecule has 2 fully saturated rings. The highest BCUT2D eigenvalue weighted by molar-refractivity contribution is 5.70. The molecular weight excluding hydrogens is 300 g/mol. The van der Waals surface area contributed by atoms with Crippen LogP contribution in [0.1, 0.15) is 12.8 Å². The van der Waals surface area contributed by atoms with Crippen LogP contribution in [0.2, 0.25) is 0 Å². The molecule has 0 aliphatic carbocycles. The van der Waals surface area contributed by atoms with E-state index in [2.05, 4.69) is 20.2 Å². The van der Waals surface area contributed by atoms with Crippen molar-refractivity contribution in [3.63, 3.8) is 0 Å². The summed E-state index contributed by atoms with van der Waals surface area (Å²) in [4.78, 5) is 23.6. The third-order valence-corrected chi connectivity index (χ3v) is 4.31. The smallest absolute Gasteiger partial charge is 0.353 e. The van der Waals surface area contributed by atoms with Gasteiger partial charge in [0.1, 0.15) is 6.33 Å². The zero-order valence-corrected chi connectivity index (χ0v) is 13.3. The average Bonchev–Trinajstić information content (AvgIpc) is 3.06. The van der Waals surface area contributed by atoms with Gasteiger partial charge in [0.15, 0.2) is 0 Å². The lowest BCUT2D eigenvalue weighted by atomic mass is 10.2. The molecule has 2 aliphatic rings. The summed E-state index contributed by atoms with van der Waals surface area (Å²) in [6.07, 6.45) is 3.48. The SMILES string of the molecule is CN1CCN(c2ncnc(NCC3CCCO3)c2[N+](=O)[O-])CC1. The number of nitro groups is 1. The predicted octanol–water partition coefficient (Wildman–Crippen LogP) is 0.727. The molecule has 0 spiro atoms. The van der Waals surface area contributed by atoms with Crippen molar-refractivity contribution in [1.29, 1.82) is 0 Å². The summed E-state index contributed by atoms with van der Waals surface area (Å²) >= 11 is 0. The molecular formula is C14H22N6O3. The Morgan fingerprint density at radius 1 is 1.39 bits per heavy atom. The number of aromatic nitrogens is 2. The quantitative estimate of drug-likeness (QED) is 0.626. The van der Waals surface area contributed by atoms with Crippen LogP contribution in [0.3, 0.4) is 0 Å². The second kappa shape index (κ2) is 7.05. The van der Waals surface area contributed by atoms with Crippen LogP contribution < -0.4 is 10.2 Å². The van der Waals surface area contributed by atoms with Crippen molar-refractivity contribution < 1.29 is 9.66 Å². The van der Waals surface area contributed by atoms with Gasteiger partial charge in [-0.25, -0.2) is 9.97 Å². The fourth-order valence-corrected chi connectivity index (χ4v) is 2.93. The summed E-state index contributed by atoms with van der Waals surface area (Å²) < 4.78 is 5.54. The Labute approximate surface area is 134 Å². The van der Waals surface area contributed by atoms with E-state index in [1.807, 2.05) is 11.9 Å². The number of piperazine rings is 1. The lowest BCUT2D eigenvalue weighted by molar-refractivity contribution is -0.383. The molecule has 2 aliphatic heterocycles. The maximum atomic E-state index is 11.6. The first-order valence-corrected chi connectivity index (χ1v) is 7.93. The van der Waals surface area contributed by atoms with Crippen LogP contribution in [-0.4, -0.2) is 72.3 Å². The predicted molar refractivity (Wildman–Crippen MR) is 85.9 cm³/mol. The maximum absolute atomic E-state index is 11.6. The second-order valence-electron chi connectivity index (χ2n) is 5.96. The van der Waals surface area contributed by atoms with E-state index in [-0.39, 0.29) is 17.6 Å². The van der Waals surface area contributed by atoms with Gasteiger partial charge in [0, 0.05) is 39.3 Å². The minimum atomic E-state index is -0.397. The summed E-state index contributed by atoms with van der Waals surface area (Å²) in [6, 6.07) is 0. The molecule has 9 heteroatoms. The van der Waals surface area contributed by atoms with Crippen LogP contribution in [0.25, 0.3) is 0 Å². The normalized spacial score (nSPS) is 22.3. The highest BCUT2D eigenvalue weighted by Crippen LogP contribution is 2.32. The van der Waals surface area contributed by atoms with Gasteiger partial charge in [-0.05, 0) is 19.9 Å². The van der Waals surface area contributed by atoms with Crippen LogP contribution in [0.4, 0.5) is 17.3 Å². The molecule has 23 heavy (non-hydrogen) atoms. The fourth-order valence-electron chi connectivity index (χ4n) is 2.93. The van der Waals surface area contributed by atoms with E-state index in [0.717, 1.165) is 45.6 Å². The first-order chi connectivity index (χ1) is 11.1. The van der Waals surface area contributed by atoms with Gasteiger partial charge in [-0.2, -0.15) is 0 Å². The van der Waals surface area contributed by atoms with Crippen molar-refractivity contribution in [1.82, 2.24) is 14.9 Å². The first kappa shape index (κ1) is 15.9. The third kappa shape index (κ3) is 3.67. The number of likely N-dealkylation sites (N-methyl/N-ethyl adjacent to an activating group) is 1. The fraction of sp³-hybridized carbons (Fsp3) is 0.714. The van der Waals surface area contributed by atoms with Crippen molar-refractivity contribution >= 4 is 17.3 Å². The number of rotatable bonds is 5. The van der Waals surface area contributed by atoms with Gasteiger partial charge in [0.25, 0.3) is 0 Å². The molecule has 0 amide bonds. The lowest BCUT2D eigenvalue weighted by Gasteiger charge is -2.32. The molecule has 0 aromatic carbocycles. The molecule has 1 atom stereocenters. The Balaban J connectivity index is 1.78. The first-order valence-electron chi connectivity index (χ1n) is 7.93. The Morgan fingerprint density at radius 2 is 2.17 bits per heavy atom. The van der Waals surface area contributed by atoms with Crippen LogP contribution in [0.5, 0.6) is 0 Å². The second-order valence-corrected chi connectivity index (χ2v) is 5.96. The summed E-state index contributed by atoms with van der Waals surface area (Å²) in [5.41, 5.74) is -0.0462. The average molecular weight is 322 g/mol. The molecule has 2 saturated heterocycles. The molecule has 1 unspecified atom stereocenters. The zero-order valence-electron chi connectivity index (χ0n) is 13.3. The number of hydrogen-bond acceptors (Lipinski definition) is 8. The number of ether oxygens (including phenoxy) is 1. The van der Waals surface area contributed by atoms with E-state index in [0.29, 0.717) is 12.4 Å². The van der Waals surface area contributed by atoms with Gasteiger partial charge in [-0.3, -0.25) is 10.1 Å². The van der Waals surface area contributed by atoms with E-state index < -0.39 is 4.92 Å². The molecule has 0 bridgehead atoms. The Bertz CT molecular complexity index is 555. The molecule has 9 nitrogen and oxygen atoms in total. The van der Waals surface area contributed by atoms with Crippen molar-refractivity contribution in [2.75, 3.05) is 56.6 Å². The van der Waals surface area contributed by atoms with E-state index in [9.17, 15) is 10.1 Å². The summed E-state index contributed by atoms with van der Waals surface area (Å²) in [5.74, 6) is 0.669. The molecule has 1 aromatic rings.